The highest BCUT2D eigenvalue weighted by Gasteiger charge is 2.42. The Bertz CT molecular complexity index is 1480. The molecule has 0 bridgehead atoms. The number of aryl methyl sites for hydroxylation is 1. The summed E-state index contributed by atoms with van der Waals surface area (Å²) in [6, 6.07) is 22.6. The fourth-order valence-corrected chi connectivity index (χ4v) is 5.51. The van der Waals surface area contributed by atoms with E-state index in [9.17, 15) is 9.90 Å². The van der Waals surface area contributed by atoms with Gasteiger partial charge in [-0.1, -0.05) is 12.1 Å². The summed E-state index contributed by atoms with van der Waals surface area (Å²) >= 11 is 5.89. The van der Waals surface area contributed by atoms with Crippen molar-refractivity contribution in [3.63, 3.8) is 0 Å². The normalized spacial score (nSPS) is 17.1. The summed E-state index contributed by atoms with van der Waals surface area (Å²) in [4.78, 5) is 18.4. The fourth-order valence-electron chi connectivity index (χ4n) is 5.17. The molecule has 1 aliphatic rings. The number of anilines is 1. The molecule has 4 aromatic rings. The van der Waals surface area contributed by atoms with Crippen LogP contribution in [0.3, 0.4) is 0 Å². The third-order valence-electron chi connectivity index (χ3n) is 6.73. The predicted octanol–water partition coefficient (Wildman–Crippen LogP) is 6.15. The molecule has 3 heterocycles. The smallest absolute Gasteiger partial charge is 0.335 e. The highest BCUT2D eigenvalue weighted by atomic mass is 32.1. The lowest BCUT2D eigenvalue weighted by molar-refractivity contribution is 0.0697. The van der Waals surface area contributed by atoms with Crippen LogP contribution < -0.4 is 15.0 Å². The van der Waals surface area contributed by atoms with Gasteiger partial charge < -0.3 is 24.6 Å². The van der Waals surface area contributed by atoms with Crippen molar-refractivity contribution in [2.24, 2.45) is 0 Å². The molecule has 194 valence electrons. The number of aromatic carboxylic acids is 1. The lowest BCUT2D eigenvalue weighted by atomic mass is 9.96. The lowest BCUT2D eigenvalue weighted by Crippen LogP contribution is -2.29. The van der Waals surface area contributed by atoms with Crippen molar-refractivity contribution in [2.45, 2.75) is 45.9 Å². The van der Waals surface area contributed by atoms with E-state index in [0.29, 0.717) is 5.11 Å². The first-order valence-corrected chi connectivity index (χ1v) is 13.0. The molecular formula is C30H30N4O3S. The average Bonchev–Trinajstić information content (AvgIpc) is 3.39. The van der Waals surface area contributed by atoms with Crippen LogP contribution in [0.2, 0.25) is 0 Å². The number of carboxylic acid groups (broad SMARTS) is 1. The van der Waals surface area contributed by atoms with Crippen LogP contribution in [0.1, 0.15) is 58.9 Å². The molecule has 0 saturated carbocycles. The average molecular weight is 527 g/mol. The Balaban J connectivity index is 1.63. The highest BCUT2D eigenvalue weighted by Crippen LogP contribution is 2.44. The Hall–Kier alpha value is -4.17. The molecule has 8 heteroatoms. The summed E-state index contributed by atoms with van der Waals surface area (Å²) in [5.41, 5.74) is 5.96. The third-order valence-corrected chi connectivity index (χ3v) is 7.04. The van der Waals surface area contributed by atoms with Crippen LogP contribution in [0, 0.1) is 13.8 Å². The second-order valence-corrected chi connectivity index (χ2v) is 10.1. The lowest BCUT2D eigenvalue weighted by Gasteiger charge is -2.28. The first-order chi connectivity index (χ1) is 18.2. The molecule has 2 aromatic carbocycles. The second kappa shape index (κ2) is 10.3. The molecule has 2 N–H and O–H groups in total. The number of ether oxygens (including phenoxy) is 1. The monoisotopic (exact) mass is 526 g/mol. The van der Waals surface area contributed by atoms with Gasteiger partial charge in [0.25, 0.3) is 0 Å². The summed E-state index contributed by atoms with van der Waals surface area (Å²) < 4.78 is 7.95. The number of pyridine rings is 1. The zero-order valence-corrected chi connectivity index (χ0v) is 22.6. The van der Waals surface area contributed by atoms with Crippen LogP contribution in [0.25, 0.3) is 5.69 Å². The molecular weight excluding hydrogens is 496 g/mol. The van der Waals surface area contributed by atoms with Gasteiger partial charge in [0.1, 0.15) is 5.75 Å². The first kappa shape index (κ1) is 25.5. The van der Waals surface area contributed by atoms with Crippen molar-refractivity contribution in [1.82, 2.24) is 14.9 Å². The van der Waals surface area contributed by atoms with E-state index in [2.05, 4.69) is 32.8 Å². The molecule has 0 spiro atoms. The van der Waals surface area contributed by atoms with Gasteiger partial charge in [0.2, 0.25) is 0 Å². The van der Waals surface area contributed by atoms with Crippen molar-refractivity contribution in [2.75, 3.05) is 4.90 Å². The Morgan fingerprint density at radius 2 is 1.79 bits per heavy atom. The summed E-state index contributed by atoms with van der Waals surface area (Å²) in [6.07, 6.45) is 1.88. The zero-order chi connectivity index (χ0) is 27.0. The van der Waals surface area contributed by atoms with Crippen LogP contribution in [-0.4, -0.2) is 31.8 Å². The van der Waals surface area contributed by atoms with E-state index < -0.39 is 5.97 Å². The van der Waals surface area contributed by atoms with Gasteiger partial charge in [0, 0.05) is 29.0 Å². The minimum atomic E-state index is -0.953. The van der Waals surface area contributed by atoms with E-state index in [1.807, 2.05) is 69.3 Å². The van der Waals surface area contributed by atoms with Crippen molar-refractivity contribution in [3.8, 4) is 11.4 Å². The van der Waals surface area contributed by atoms with Gasteiger partial charge in [-0.2, -0.15) is 0 Å². The molecule has 0 aliphatic carbocycles. The Labute approximate surface area is 227 Å². The number of hydrogen-bond acceptors (Lipinski definition) is 4. The van der Waals surface area contributed by atoms with E-state index in [-0.39, 0.29) is 23.8 Å². The molecule has 38 heavy (non-hydrogen) atoms. The van der Waals surface area contributed by atoms with E-state index in [0.717, 1.165) is 39.8 Å². The summed E-state index contributed by atoms with van der Waals surface area (Å²) in [7, 11) is 0. The predicted molar refractivity (Wildman–Crippen MR) is 152 cm³/mol. The van der Waals surface area contributed by atoms with Gasteiger partial charge in [-0.3, -0.25) is 4.98 Å². The van der Waals surface area contributed by atoms with Crippen LogP contribution >= 0.6 is 12.2 Å². The van der Waals surface area contributed by atoms with Gasteiger partial charge in [-0.15, -0.1) is 0 Å². The molecule has 5 rings (SSSR count). The minimum absolute atomic E-state index is 0.0849. The molecule has 2 aromatic heterocycles. The maximum Gasteiger partial charge on any atom is 0.335 e. The van der Waals surface area contributed by atoms with E-state index in [4.69, 9.17) is 17.0 Å². The van der Waals surface area contributed by atoms with Gasteiger partial charge >= 0.3 is 5.97 Å². The van der Waals surface area contributed by atoms with Crippen LogP contribution in [0.15, 0.2) is 79.0 Å². The van der Waals surface area contributed by atoms with Crippen molar-refractivity contribution in [1.29, 1.82) is 0 Å². The minimum Gasteiger partial charge on any atom is -0.491 e. The third kappa shape index (κ3) is 4.75. The van der Waals surface area contributed by atoms with E-state index >= 15 is 0 Å². The molecule has 0 unspecified atom stereocenters. The second-order valence-electron chi connectivity index (χ2n) is 9.67. The maximum atomic E-state index is 11.6. The number of nitrogens with one attached hydrogen (secondary N) is 1. The van der Waals surface area contributed by atoms with E-state index in [1.54, 1.807) is 24.4 Å². The van der Waals surface area contributed by atoms with Crippen molar-refractivity contribution in [3.05, 3.63) is 107 Å². The quantitative estimate of drug-likeness (QED) is 0.280. The fraction of sp³-hybridized carbons (Fsp3) is 0.233. The van der Waals surface area contributed by atoms with Crippen molar-refractivity contribution >= 4 is 29.0 Å². The largest absolute Gasteiger partial charge is 0.491 e. The number of carbonyl (C=O) groups is 1. The topological polar surface area (TPSA) is 79.6 Å². The Kier molecular flexibility index (Phi) is 6.91. The van der Waals surface area contributed by atoms with Crippen LogP contribution in [-0.2, 0) is 0 Å². The molecule has 1 saturated heterocycles. The number of nitrogens with zero attached hydrogens (tertiary/aromatic N) is 3. The van der Waals surface area contributed by atoms with Gasteiger partial charge in [0.05, 0.1) is 29.4 Å². The van der Waals surface area contributed by atoms with Crippen LogP contribution in [0.5, 0.6) is 5.75 Å². The summed E-state index contributed by atoms with van der Waals surface area (Å²) in [6.45, 7) is 8.10. The number of hydrogen-bond donors (Lipinski definition) is 2. The zero-order valence-electron chi connectivity index (χ0n) is 21.8. The standard InChI is InChI=1S/C30H30N4O3S/c1-18(2)37-24-13-11-22(12-14-24)34-28(27(32-30(34)38)26-10-5-6-15-31-26)25-16-19(3)33(20(25)4)23-9-7-8-21(17-23)29(35)36/h5-18,27-28H,1-4H3,(H,32,38)(H,35,36)/t27-,28-/m0/s1. The molecule has 1 fully saturated rings. The summed E-state index contributed by atoms with van der Waals surface area (Å²) in [5.74, 6) is -0.151. The first-order valence-electron chi connectivity index (χ1n) is 12.5. The molecule has 2 atom stereocenters. The van der Waals surface area contributed by atoms with Crippen LogP contribution in [0.4, 0.5) is 5.69 Å². The SMILES string of the molecule is Cc1cc([C@H]2[C@H](c3ccccn3)NC(=S)N2c2ccc(OC(C)C)cc2)c(C)n1-c1cccc(C(=O)O)c1. The molecule has 0 radical (unpaired) electrons. The van der Waals surface area contributed by atoms with Gasteiger partial charge in [-0.25, -0.2) is 4.79 Å². The number of aromatic nitrogens is 2. The number of benzene rings is 2. The molecule has 7 nitrogen and oxygen atoms in total. The van der Waals surface area contributed by atoms with E-state index in [1.165, 1.54) is 0 Å². The summed E-state index contributed by atoms with van der Waals surface area (Å²) in [5, 5.41) is 13.7. The van der Waals surface area contributed by atoms with Gasteiger partial charge in [0.15, 0.2) is 5.11 Å². The Morgan fingerprint density at radius 1 is 1.03 bits per heavy atom. The number of thiocarbonyl (C=S) groups is 1. The number of carboxylic acids is 1. The molecule has 0 amide bonds. The number of rotatable bonds is 7. The van der Waals surface area contributed by atoms with Gasteiger partial charge in [-0.05, 0) is 106 Å². The molecule has 1 aliphatic heterocycles. The van der Waals surface area contributed by atoms with Crippen molar-refractivity contribution < 1.29 is 14.6 Å². The highest BCUT2D eigenvalue weighted by molar-refractivity contribution is 7.80. The maximum absolute atomic E-state index is 11.6. The Morgan fingerprint density at radius 3 is 2.45 bits per heavy atom.